The van der Waals surface area contributed by atoms with Crippen LogP contribution >= 0.6 is 0 Å². The Balaban J connectivity index is 3.45. The van der Waals surface area contributed by atoms with Gasteiger partial charge >= 0.3 is 6.09 Å². The van der Waals surface area contributed by atoms with Gasteiger partial charge in [-0.1, -0.05) is 57.0 Å². The van der Waals surface area contributed by atoms with Crippen LogP contribution in [0, 0.1) is 12.8 Å². The molecule has 0 spiro atoms. The molecular weight excluding hydrogens is 458 g/mol. The third-order valence-corrected chi connectivity index (χ3v) is 5.81. The second-order valence-corrected chi connectivity index (χ2v) is 10.9. The first-order chi connectivity index (χ1) is 16.8. The van der Waals surface area contributed by atoms with E-state index in [0.717, 1.165) is 24.8 Å². The van der Waals surface area contributed by atoms with Crippen molar-refractivity contribution in [1.29, 1.82) is 0 Å². The van der Waals surface area contributed by atoms with Gasteiger partial charge in [0.1, 0.15) is 17.7 Å². The lowest BCUT2D eigenvalue weighted by Gasteiger charge is -2.38. The number of unbranched alkanes of at least 4 members (excludes halogenated alkanes) is 1. The number of ether oxygens (including phenoxy) is 1. The lowest BCUT2D eigenvalue weighted by molar-refractivity contribution is -0.146. The van der Waals surface area contributed by atoms with E-state index < -0.39 is 36.3 Å². The third-order valence-electron chi connectivity index (χ3n) is 5.81. The molecule has 3 atom stereocenters. The van der Waals surface area contributed by atoms with Gasteiger partial charge in [-0.3, -0.25) is 9.59 Å². The number of amides is 3. The zero-order valence-corrected chi connectivity index (χ0v) is 23.4. The molecule has 36 heavy (non-hydrogen) atoms. The molecule has 8 heteroatoms. The van der Waals surface area contributed by atoms with Crippen LogP contribution in [-0.2, 0) is 14.3 Å². The molecule has 0 aliphatic heterocycles. The van der Waals surface area contributed by atoms with Gasteiger partial charge in [-0.15, -0.1) is 0 Å². The van der Waals surface area contributed by atoms with Gasteiger partial charge < -0.3 is 25.4 Å². The smallest absolute Gasteiger partial charge is 0.408 e. The highest BCUT2D eigenvalue weighted by Gasteiger charge is 2.38. The minimum Gasteiger partial charge on any atom is -0.444 e. The van der Waals surface area contributed by atoms with Crippen LogP contribution in [0.3, 0.4) is 0 Å². The first-order valence-electron chi connectivity index (χ1n) is 13.1. The van der Waals surface area contributed by atoms with Crippen LogP contribution in [0.25, 0.3) is 0 Å². The van der Waals surface area contributed by atoms with Crippen molar-refractivity contribution < 1.29 is 24.2 Å². The number of carbonyl (C=O) groups is 3. The number of aryl methyl sites for hydroxylation is 1. The monoisotopic (exact) mass is 505 g/mol. The van der Waals surface area contributed by atoms with E-state index in [9.17, 15) is 19.5 Å². The highest BCUT2D eigenvalue weighted by molar-refractivity contribution is 5.92. The number of rotatable bonds is 13. The topological polar surface area (TPSA) is 108 Å². The number of benzene rings is 1. The molecule has 1 aromatic carbocycles. The fraction of sp³-hybridized carbons (Fsp3) is 0.679. The Morgan fingerprint density at radius 2 is 1.67 bits per heavy atom. The van der Waals surface area contributed by atoms with Gasteiger partial charge in [0.2, 0.25) is 11.8 Å². The third kappa shape index (κ3) is 10.6. The number of aliphatic hydroxyl groups is 1. The van der Waals surface area contributed by atoms with Crippen LogP contribution in [0.2, 0.25) is 0 Å². The SMILES string of the molecule is CCCCNC(=O)C(c1ccc(C)cc1)N(C(=O)C(CO)NC(=O)OC(C)(C)C)C(C)CCC(C)C. The molecule has 3 unspecified atom stereocenters. The largest absolute Gasteiger partial charge is 0.444 e. The van der Waals surface area contributed by atoms with E-state index >= 15 is 0 Å². The average Bonchev–Trinajstić information content (AvgIpc) is 2.78. The molecule has 3 amide bonds. The van der Waals surface area contributed by atoms with Crippen LogP contribution in [0.5, 0.6) is 0 Å². The first-order valence-corrected chi connectivity index (χ1v) is 13.1. The van der Waals surface area contributed by atoms with E-state index in [1.165, 1.54) is 4.90 Å². The number of hydrogen-bond acceptors (Lipinski definition) is 5. The lowest BCUT2D eigenvalue weighted by atomic mass is 9.96. The summed E-state index contributed by atoms with van der Waals surface area (Å²) < 4.78 is 5.30. The van der Waals surface area contributed by atoms with Crippen LogP contribution in [0.4, 0.5) is 4.79 Å². The van der Waals surface area contributed by atoms with Crippen LogP contribution in [0.1, 0.15) is 91.3 Å². The summed E-state index contributed by atoms with van der Waals surface area (Å²) in [5, 5.41) is 15.5. The number of aliphatic hydroxyl groups excluding tert-OH is 1. The van der Waals surface area contributed by atoms with Crippen molar-refractivity contribution in [3.63, 3.8) is 0 Å². The zero-order valence-electron chi connectivity index (χ0n) is 23.4. The van der Waals surface area contributed by atoms with Crippen molar-refractivity contribution in [2.45, 2.75) is 105 Å². The standard InChI is InChI=1S/C28H47N3O5/c1-9-10-17-29-25(33)24(22-15-12-20(4)13-16-22)31(21(5)14-11-19(2)3)26(34)23(18-32)30-27(35)36-28(6,7)8/h12-13,15-16,19,21,23-24,32H,9-11,14,17-18H2,1-8H3,(H,29,33)(H,30,35). The number of carbonyl (C=O) groups excluding carboxylic acids is 3. The van der Waals surface area contributed by atoms with Gasteiger partial charge in [0, 0.05) is 12.6 Å². The van der Waals surface area contributed by atoms with Crippen molar-refractivity contribution in [3.8, 4) is 0 Å². The summed E-state index contributed by atoms with van der Waals surface area (Å²) in [6.45, 7) is 15.2. The van der Waals surface area contributed by atoms with Gasteiger partial charge in [-0.05, 0) is 65.4 Å². The Kier molecular flexibility index (Phi) is 12.9. The number of hydrogen-bond donors (Lipinski definition) is 3. The van der Waals surface area contributed by atoms with Crippen molar-refractivity contribution in [2.24, 2.45) is 5.92 Å². The molecule has 0 bridgehead atoms. The maximum absolute atomic E-state index is 13.9. The molecule has 0 saturated carbocycles. The fourth-order valence-corrected chi connectivity index (χ4v) is 3.80. The van der Waals surface area contributed by atoms with Crippen molar-refractivity contribution in [3.05, 3.63) is 35.4 Å². The van der Waals surface area contributed by atoms with Crippen LogP contribution in [-0.4, -0.2) is 58.8 Å². The van der Waals surface area contributed by atoms with Gasteiger partial charge in [0.15, 0.2) is 0 Å². The fourth-order valence-electron chi connectivity index (χ4n) is 3.80. The summed E-state index contributed by atoms with van der Waals surface area (Å²) in [5.41, 5.74) is 0.948. The summed E-state index contributed by atoms with van der Waals surface area (Å²) >= 11 is 0. The average molecular weight is 506 g/mol. The molecular formula is C28H47N3O5. The first kappa shape index (κ1) is 31.4. The van der Waals surface area contributed by atoms with Crippen LogP contribution < -0.4 is 10.6 Å². The Morgan fingerprint density at radius 1 is 1.06 bits per heavy atom. The number of alkyl carbamates (subject to hydrolysis) is 1. The van der Waals surface area contributed by atoms with E-state index in [2.05, 4.69) is 24.5 Å². The zero-order chi connectivity index (χ0) is 27.5. The molecule has 204 valence electrons. The molecule has 0 aromatic heterocycles. The summed E-state index contributed by atoms with van der Waals surface area (Å²) in [5.74, 6) is -0.407. The molecule has 0 saturated heterocycles. The van der Waals surface area contributed by atoms with Crippen LogP contribution in [0.15, 0.2) is 24.3 Å². The van der Waals surface area contributed by atoms with Gasteiger partial charge in [0.05, 0.1) is 6.61 Å². The summed E-state index contributed by atoms with van der Waals surface area (Å²) in [6.07, 6.45) is 2.46. The Bertz CT molecular complexity index is 833. The number of nitrogens with one attached hydrogen (secondary N) is 2. The molecule has 1 rings (SSSR count). The quantitative estimate of drug-likeness (QED) is 0.342. The minimum absolute atomic E-state index is 0.286. The Morgan fingerprint density at radius 3 is 2.17 bits per heavy atom. The maximum atomic E-state index is 13.9. The molecule has 1 aromatic rings. The summed E-state index contributed by atoms with van der Waals surface area (Å²) in [7, 11) is 0. The van der Waals surface area contributed by atoms with E-state index in [-0.39, 0.29) is 11.9 Å². The molecule has 0 radical (unpaired) electrons. The van der Waals surface area contributed by atoms with E-state index in [4.69, 9.17) is 4.74 Å². The molecule has 0 heterocycles. The molecule has 3 N–H and O–H groups in total. The minimum atomic E-state index is -1.25. The summed E-state index contributed by atoms with van der Waals surface area (Å²) in [4.78, 5) is 41.4. The van der Waals surface area contributed by atoms with Crippen molar-refractivity contribution in [1.82, 2.24) is 15.5 Å². The highest BCUT2D eigenvalue weighted by Crippen LogP contribution is 2.28. The second-order valence-electron chi connectivity index (χ2n) is 10.9. The second kappa shape index (κ2) is 14.8. The predicted molar refractivity (Wildman–Crippen MR) is 142 cm³/mol. The van der Waals surface area contributed by atoms with E-state index in [1.54, 1.807) is 20.8 Å². The Hall–Kier alpha value is -2.61. The van der Waals surface area contributed by atoms with Gasteiger partial charge in [0.25, 0.3) is 0 Å². The lowest BCUT2D eigenvalue weighted by Crippen LogP contribution is -2.56. The van der Waals surface area contributed by atoms with E-state index in [0.29, 0.717) is 24.4 Å². The predicted octanol–water partition coefficient (Wildman–Crippen LogP) is 4.49. The Labute approximate surface area is 217 Å². The normalized spacial score (nSPS) is 14.1. The van der Waals surface area contributed by atoms with Crippen molar-refractivity contribution >= 4 is 17.9 Å². The number of nitrogens with zero attached hydrogens (tertiary/aromatic N) is 1. The van der Waals surface area contributed by atoms with Gasteiger partial charge in [-0.2, -0.15) is 0 Å². The molecule has 0 aliphatic rings. The molecule has 0 aliphatic carbocycles. The van der Waals surface area contributed by atoms with E-state index in [1.807, 2.05) is 45.0 Å². The highest BCUT2D eigenvalue weighted by atomic mass is 16.6. The molecule has 8 nitrogen and oxygen atoms in total. The molecule has 0 fully saturated rings. The maximum Gasteiger partial charge on any atom is 0.408 e. The van der Waals surface area contributed by atoms with Gasteiger partial charge in [-0.25, -0.2) is 4.79 Å². The summed E-state index contributed by atoms with van der Waals surface area (Å²) in [6, 6.07) is 5.03. The van der Waals surface area contributed by atoms with Crippen molar-refractivity contribution in [2.75, 3.05) is 13.2 Å².